The van der Waals surface area contributed by atoms with Gasteiger partial charge < -0.3 is 9.47 Å². The van der Waals surface area contributed by atoms with Crippen LogP contribution in [0.3, 0.4) is 0 Å². The van der Waals surface area contributed by atoms with Crippen molar-refractivity contribution in [1.82, 2.24) is 5.48 Å². The Labute approximate surface area is 168 Å². The van der Waals surface area contributed by atoms with Gasteiger partial charge in [0.2, 0.25) is 0 Å². The number of nitrogens with one attached hydrogen (secondary N) is 1. The summed E-state index contributed by atoms with van der Waals surface area (Å²) in [4.78, 5) is 3.57. The largest absolute Gasteiger partial charge is 0.491 e. The molecule has 0 saturated heterocycles. The number of halogens is 1. The highest BCUT2D eigenvalue weighted by atomic mass is 35.5. The van der Waals surface area contributed by atoms with Crippen molar-refractivity contribution >= 4 is 43.4 Å². The van der Waals surface area contributed by atoms with E-state index in [1.165, 1.54) is 18.2 Å². The highest BCUT2D eigenvalue weighted by Gasteiger charge is 2.20. The topological polar surface area (TPSA) is 148 Å². The smallest absolute Gasteiger partial charge is 0.295 e. The van der Waals surface area contributed by atoms with Crippen molar-refractivity contribution < 1.29 is 40.3 Å². The lowest BCUT2D eigenvalue weighted by atomic mass is 10.1. The normalized spacial score (nSPS) is 12.0. The predicted octanol–water partition coefficient (Wildman–Crippen LogP) is 1.30. The number of hydrogen-bond acceptors (Lipinski definition) is 8. The standard InChI is InChI=1S/C15H19NO9S2.ClH/c1-16-25-7-5-23-4-6-24-12-3-2-11-8-13(26(17,18)19)10-15(14(11)9-12)27(20,21)22;/h2-3,8-10,16H,4-7H2,1H3,(H,17,18,19)(H,20,21,22);1H. The molecule has 0 aliphatic heterocycles. The van der Waals surface area contributed by atoms with Gasteiger partial charge in [-0.3, -0.25) is 13.9 Å². The highest BCUT2D eigenvalue weighted by Crippen LogP contribution is 2.30. The van der Waals surface area contributed by atoms with Crippen molar-refractivity contribution in [2.24, 2.45) is 0 Å². The summed E-state index contributed by atoms with van der Waals surface area (Å²) in [6, 6.07) is 6.02. The molecule has 2 aromatic carbocycles. The van der Waals surface area contributed by atoms with Crippen LogP contribution in [0.15, 0.2) is 40.1 Å². The van der Waals surface area contributed by atoms with E-state index in [-0.39, 0.29) is 36.4 Å². The van der Waals surface area contributed by atoms with E-state index in [9.17, 15) is 21.4 Å². The molecule has 10 nitrogen and oxygen atoms in total. The molecule has 0 spiro atoms. The zero-order chi connectivity index (χ0) is 20.1. The SMILES string of the molecule is CNOCCOCCOc1ccc2cc(S(=O)(=O)O)cc(S(=O)(=O)O)c2c1.Cl. The molecule has 0 aliphatic rings. The molecule has 28 heavy (non-hydrogen) atoms. The molecular weight excluding hydrogens is 438 g/mol. The van der Waals surface area contributed by atoms with Crippen LogP contribution < -0.4 is 10.2 Å². The molecule has 158 valence electrons. The summed E-state index contributed by atoms with van der Waals surface area (Å²) in [6.45, 7) is 1.15. The van der Waals surface area contributed by atoms with Crippen LogP contribution in [0, 0.1) is 0 Å². The molecule has 0 atom stereocenters. The lowest BCUT2D eigenvalue weighted by Crippen LogP contribution is -2.15. The van der Waals surface area contributed by atoms with Gasteiger partial charge in [-0.05, 0) is 29.7 Å². The minimum atomic E-state index is -4.74. The maximum atomic E-state index is 11.6. The Morgan fingerprint density at radius 2 is 1.61 bits per heavy atom. The van der Waals surface area contributed by atoms with Crippen LogP contribution in [0.4, 0.5) is 0 Å². The average molecular weight is 458 g/mol. The molecule has 0 aromatic heterocycles. The molecule has 0 saturated carbocycles. The summed E-state index contributed by atoms with van der Waals surface area (Å²) in [5.41, 5.74) is 2.50. The first kappa shape index (κ1) is 24.5. The molecule has 3 N–H and O–H groups in total. The van der Waals surface area contributed by atoms with Crippen LogP contribution in [0.1, 0.15) is 0 Å². The molecule has 0 fully saturated rings. The van der Waals surface area contributed by atoms with E-state index in [1.807, 2.05) is 0 Å². The lowest BCUT2D eigenvalue weighted by molar-refractivity contribution is -0.0000801. The van der Waals surface area contributed by atoms with Crippen LogP contribution in [-0.4, -0.2) is 59.4 Å². The fourth-order valence-corrected chi connectivity index (χ4v) is 3.60. The Bertz CT molecular complexity index is 1010. The van der Waals surface area contributed by atoms with Gasteiger partial charge in [-0.25, -0.2) is 5.48 Å². The Morgan fingerprint density at radius 3 is 2.21 bits per heavy atom. The van der Waals surface area contributed by atoms with E-state index >= 15 is 0 Å². The van der Waals surface area contributed by atoms with Crippen molar-refractivity contribution in [2.45, 2.75) is 9.79 Å². The van der Waals surface area contributed by atoms with E-state index in [4.69, 9.17) is 18.9 Å². The van der Waals surface area contributed by atoms with Gasteiger partial charge in [0.1, 0.15) is 17.3 Å². The van der Waals surface area contributed by atoms with Crippen LogP contribution in [-0.2, 0) is 29.8 Å². The van der Waals surface area contributed by atoms with Crippen molar-refractivity contribution in [3.8, 4) is 5.75 Å². The van der Waals surface area contributed by atoms with Crippen molar-refractivity contribution in [3.05, 3.63) is 30.3 Å². The fourth-order valence-electron chi connectivity index (χ4n) is 2.25. The van der Waals surface area contributed by atoms with E-state index in [2.05, 4.69) is 5.48 Å². The van der Waals surface area contributed by atoms with Crippen LogP contribution in [0.25, 0.3) is 10.8 Å². The first-order valence-corrected chi connectivity index (χ1v) is 10.5. The van der Waals surface area contributed by atoms with E-state index in [0.717, 1.165) is 6.07 Å². The van der Waals surface area contributed by atoms with Gasteiger partial charge in [0.25, 0.3) is 20.2 Å². The number of ether oxygens (including phenoxy) is 2. The Morgan fingerprint density at radius 1 is 0.929 bits per heavy atom. The third-order valence-electron chi connectivity index (χ3n) is 3.41. The number of benzene rings is 2. The first-order valence-electron chi connectivity index (χ1n) is 7.65. The second-order valence-corrected chi connectivity index (χ2v) is 8.08. The first-order chi connectivity index (χ1) is 12.6. The van der Waals surface area contributed by atoms with Gasteiger partial charge in [0, 0.05) is 12.4 Å². The van der Waals surface area contributed by atoms with E-state index in [1.54, 1.807) is 7.05 Å². The summed E-state index contributed by atoms with van der Waals surface area (Å²) >= 11 is 0. The fraction of sp³-hybridized carbons (Fsp3) is 0.333. The summed E-state index contributed by atoms with van der Waals surface area (Å²) in [7, 11) is -7.77. The van der Waals surface area contributed by atoms with Crippen molar-refractivity contribution in [2.75, 3.05) is 33.5 Å². The second-order valence-electron chi connectivity index (χ2n) is 5.27. The van der Waals surface area contributed by atoms with E-state index < -0.39 is 30.0 Å². The van der Waals surface area contributed by atoms with Crippen molar-refractivity contribution in [1.29, 1.82) is 0 Å². The molecule has 0 amide bonds. The van der Waals surface area contributed by atoms with Gasteiger partial charge in [0.15, 0.2) is 0 Å². The monoisotopic (exact) mass is 457 g/mol. The Balaban J connectivity index is 0.00000392. The lowest BCUT2D eigenvalue weighted by Gasteiger charge is -2.11. The van der Waals surface area contributed by atoms with Gasteiger partial charge >= 0.3 is 0 Å². The number of hydrogen-bond donors (Lipinski definition) is 3. The van der Waals surface area contributed by atoms with Crippen LogP contribution in [0.5, 0.6) is 5.75 Å². The highest BCUT2D eigenvalue weighted by molar-refractivity contribution is 7.86. The average Bonchev–Trinajstić information content (AvgIpc) is 2.58. The molecule has 0 bridgehead atoms. The molecule has 2 aromatic rings. The third kappa shape index (κ3) is 6.83. The second kappa shape index (κ2) is 10.3. The van der Waals surface area contributed by atoms with E-state index in [0.29, 0.717) is 25.0 Å². The molecule has 13 heteroatoms. The summed E-state index contributed by atoms with van der Waals surface area (Å²) in [6.07, 6.45) is 0. The summed E-state index contributed by atoms with van der Waals surface area (Å²) < 4.78 is 75.2. The number of fused-ring (bicyclic) bond motifs is 1. The van der Waals surface area contributed by atoms with Gasteiger partial charge in [0.05, 0.1) is 24.7 Å². The van der Waals surface area contributed by atoms with Crippen molar-refractivity contribution in [3.63, 3.8) is 0 Å². The van der Waals surface area contributed by atoms with Crippen LogP contribution >= 0.6 is 12.4 Å². The third-order valence-corrected chi connectivity index (χ3v) is 5.13. The zero-order valence-corrected chi connectivity index (χ0v) is 17.1. The quantitative estimate of drug-likeness (QED) is 0.270. The predicted molar refractivity (Wildman–Crippen MR) is 102 cm³/mol. The minimum Gasteiger partial charge on any atom is -0.491 e. The van der Waals surface area contributed by atoms with Gasteiger partial charge in [-0.15, -0.1) is 12.4 Å². The zero-order valence-electron chi connectivity index (χ0n) is 14.7. The number of rotatable bonds is 10. The molecule has 2 rings (SSSR count). The van der Waals surface area contributed by atoms with Gasteiger partial charge in [-0.2, -0.15) is 16.8 Å². The summed E-state index contributed by atoms with van der Waals surface area (Å²) in [5, 5.41) is 0.233. The maximum absolute atomic E-state index is 11.6. The van der Waals surface area contributed by atoms with Crippen LogP contribution in [0.2, 0.25) is 0 Å². The molecule has 0 unspecified atom stereocenters. The summed E-state index contributed by atoms with van der Waals surface area (Å²) in [5.74, 6) is 0.294. The molecule has 0 heterocycles. The molecular formula is C15H20ClNO9S2. The Hall–Kier alpha value is -1.51. The molecule has 0 aliphatic carbocycles. The minimum absolute atomic E-state index is 0. The number of hydroxylamine groups is 1. The maximum Gasteiger partial charge on any atom is 0.295 e. The molecule has 0 radical (unpaired) electrons. The van der Waals surface area contributed by atoms with Gasteiger partial charge in [-0.1, -0.05) is 6.07 Å². The Kier molecular flexibility index (Phi) is 9.04.